The highest BCUT2D eigenvalue weighted by atomic mass is 79.9. The molecule has 0 saturated carbocycles. The first-order valence-electron chi connectivity index (χ1n) is 4.71. The lowest BCUT2D eigenvalue weighted by Gasteiger charge is -2.16. The molecule has 16 heavy (non-hydrogen) atoms. The standard InChI is InChI=1S/C11H12BrN3O/c1-8(16)15(2)14-7-9-3-4-11(12)5-10(9)6-13/h3-5,14H,7H2,1-2H3. The third-order valence-electron chi connectivity index (χ3n) is 2.17. The lowest BCUT2D eigenvalue weighted by molar-refractivity contribution is -0.130. The highest BCUT2D eigenvalue weighted by molar-refractivity contribution is 9.10. The molecule has 1 N–H and O–H groups in total. The van der Waals surface area contributed by atoms with E-state index < -0.39 is 0 Å². The maximum absolute atomic E-state index is 11.0. The Morgan fingerprint density at radius 1 is 1.62 bits per heavy atom. The number of benzene rings is 1. The average Bonchev–Trinajstić information content (AvgIpc) is 2.26. The number of rotatable bonds is 3. The van der Waals surface area contributed by atoms with Crippen molar-refractivity contribution in [3.05, 3.63) is 33.8 Å². The molecule has 0 aliphatic heterocycles. The second-order valence-electron chi connectivity index (χ2n) is 3.33. The second-order valence-corrected chi connectivity index (χ2v) is 4.24. The quantitative estimate of drug-likeness (QED) is 0.860. The van der Waals surface area contributed by atoms with Crippen molar-refractivity contribution in [3.63, 3.8) is 0 Å². The summed E-state index contributed by atoms with van der Waals surface area (Å²) in [7, 11) is 1.65. The van der Waals surface area contributed by atoms with Crippen molar-refractivity contribution in [2.24, 2.45) is 0 Å². The van der Waals surface area contributed by atoms with Gasteiger partial charge in [-0.1, -0.05) is 22.0 Å². The molecule has 0 fully saturated rings. The Morgan fingerprint density at radius 3 is 2.88 bits per heavy atom. The van der Waals surface area contributed by atoms with Crippen LogP contribution >= 0.6 is 15.9 Å². The zero-order valence-corrected chi connectivity index (χ0v) is 10.7. The normalized spacial score (nSPS) is 9.62. The smallest absolute Gasteiger partial charge is 0.233 e. The SMILES string of the molecule is CC(=O)N(C)NCc1ccc(Br)cc1C#N. The van der Waals surface area contributed by atoms with Gasteiger partial charge in [-0.3, -0.25) is 9.80 Å². The minimum Gasteiger partial charge on any atom is -0.281 e. The molecule has 0 aromatic heterocycles. The molecule has 84 valence electrons. The van der Waals surface area contributed by atoms with Crippen LogP contribution in [-0.2, 0) is 11.3 Å². The number of nitriles is 1. The molecule has 0 aliphatic carbocycles. The summed E-state index contributed by atoms with van der Waals surface area (Å²) in [6.45, 7) is 1.92. The first-order chi connectivity index (χ1) is 7.54. The van der Waals surface area contributed by atoms with Crippen LogP contribution in [0.25, 0.3) is 0 Å². The highest BCUT2D eigenvalue weighted by Gasteiger charge is 2.05. The van der Waals surface area contributed by atoms with Crippen molar-refractivity contribution >= 4 is 21.8 Å². The lowest BCUT2D eigenvalue weighted by atomic mass is 10.1. The molecule has 0 unspecified atom stereocenters. The van der Waals surface area contributed by atoms with Crippen LogP contribution in [0, 0.1) is 11.3 Å². The summed E-state index contributed by atoms with van der Waals surface area (Å²) in [4.78, 5) is 11.0. The summed E-state index contributed by atoms with van der Waals surface area (Å²) in [6.07, 6.45) is 0. The third kappa shape index (κ3) is 3.33. The van der Waals surface area contributed by atoms with Gasteiger partial charge in [0.05, 0.1) is 11.6 Å². The highest BCUT2D eigenvalue weighted by Crippen LogP contribution is 2.15. The van der Waals surface area contributed by atoms with Crippen molar-refractivity contribution in [3.8, 4) is 6.07 Å². The molecule has 0 heterocycles. The number of nitrogens with zero attached hydrogens (tertiary/aromatic N) is 2. The van der Waals surface area contributed by atoms with E-state index in [1.165, 1.54) is 11.9 Å². The van der Waals surface area contributed by atoms with E-state index in [9.17, 15) is 4.79 Å². The van der Waals surface area contributed by atoms with Gasteiger partial charge in [0.1, 0.15) is 0 Å². The van der Waals surface area contributed by atoms with E-state index in [1.807, 2.05) is 12.1 Å². The molecule has 0 bridgehead atoms. The minimum atomic E-state index is -0.0735. The Labute approximate surface area is 103 Å². The van der Waals surface area contributed by atoms with Crippen LogP contribution in [0.1, 0.15) is 18.1 Å². The van der Waals surface area contributed by atoms with Crippen LogP contribution in [0.15, 0.2) is 22.7 Å². The predicted molar refractivity (Wildman–Crippen MR) is 64.1 cm³/mol. The molecule has 1 rings (SSSR count). The number of halogens is 1. The van der Waals surface area contributed by atoms with Crippen molar-refractivity contribution in [2.75, 3.05) is 7.05 Å². The topological polar surface area (TPSA) is 56.1 Å². The summed E-state index contributed by atoms with van der Waals surface area (Å²) in [5.74, 6) is -0.0735. The fraction of sp³-hybridized carbons (Fsp3) is 0.273. The van der Waals surface area contributed by atoms with Crippen LogP contribution < -0.4 is 5.43 Å². The molecule has 4 nitrogen and oxygen atoms in total. The van der Waals surface area contributed by atoms with Crippen LogP contribution in [0.2, 0.25) is 0 Å². The van der Waals surface area contributed by atoms with Gasteiger partial charge in [0.15, 0.2) is 0 Å². The van der Waals surface area contributed by atoms with E-state index in [-0.39, 0.29) is 5.91 Å². The van der Waals surface area contributed by atoms with E-state index in [2.05, 4.69) is 27.4 Å². The van der Waals surface area contributed by atoms with Crippen LogP contribution in [0.4, 0.5) is 0 Å². The number of carbonyl (C=O) groups excluding carboxylic acids is 1. The molecule has 1 amide bonds. The predicted octanol–water partition coefficient (Wildman–Crippen LogP) is 1.80. The van der Waals surface area contributed by atoms with Crippen molar-refractivity contribution < 1.29 is 4.79 Å². The van der Waals surface area contributed by atoms with Crippen molar-refractivity contribution in [2.45, 2.75) is 13.5 Å². The number of nitrogens with one attached hydrogen (secondary N) is 1. The summed E-state index contributed by atoms with van der Waals surface area (Å²) < 4.78 is 0.868. The maximum Gasteiger partial charge on any atom is 0.233 e. The van der Waals surface area contributed by atoms with Gasteiger partial charge in [0.25, 0.3) is 0 Å². The molecule has 0 radical (unpaired) electrons. The molecule has 1 aromatic rings. The van der Waals surface area contributed by atoms with Crippen molar-refractivity contribution in [1.29, 1.82) is 5.26 Å². The Morgan fingerprint density at radius 2 is 2.31 bits per heavy atom. The van der Waals surface area contributed by atoms with E-state index in [0.29, 0.717) is 12.1 Å². The number of amides is 1. The van der Waals surface area contributed by atoms with E-state index in [4.69, 9.17) is 5.26 Å². The van der Waals surface area contributed by atoms with Crippen LogP contribution in [0.3, 0.4) is 0 Å². The molecule has 0 spiro atoms. The Hall–Kier alpha value is -1.38. The van der Waals surface area contributed by atoms with E-state index in [0.717, 1.165) is 10.0 Å². The number of hydrazine groups is 1. The molecular weight excluding hydrogens is 270 g/mol. The average molecular weight is 282 g/mol. The van der Waals surface area contributed by atoms with Gasteiger partial charge < -0.3 is 0 Å². The van der Waals surface area contributed by atoms with Gasteiger partial charge >= 0.3 is 0 Å². The van der Waals surface area contributed by atoms with Gasteiger partial charge in [0.2, 0.25) is 5.91 Å². The van der Waals surface area contributed by atoms with Crippen molar-refractivity contribution in [1.82, 2.24) is 10.4 Å². The van der Waals surface area contributed by atoms with Gasteiger partial charge in [-0.15, -0.1) is 0 Å². The first-order valence-corrected chi connectivity index (χ1v) is 5.50. The van der Waals surface area contributed by atoms with Gasteiger partial charge in [-0.25, -0.2) is 5.43 Å². The largest absolute Gasteiger partial charge is 0.281 e. The zero-order valence-electron chi connectivity index (χ0n) is 9.12. The van der Waals surface area contributed by atoms with Crippen LogP contribution in [0.5, 0.6) is 0 Å². The molecule has 0 atom stereocenters. The van der Waals surface area contributed by atoms with Crippen LogP contribution in [-0.4, -0.2) is 18.0 Å². The second kappa shape index (κ2) is 5.64. The molecule has 0 saturated heterocycles. The fourth-order valence-corrected chi connectivity index (χ4v) is 1.48. The summed E-state index contributed by atoms with van der Waals surface area (Å²) in [5, 5.41) is 10.3. The van der Waals surface area contributed by atoms with E-state index in [1.54, 1.807) is 13.1 Å². The summed E-state index contributed by atoms with van der Waals surface area (Å²) >= 11 is 3.30. The number of hydrogen-bond donors (Lipinski definition) is 1. The third-order valence-corrected chi connectivity index (χ3v) is 2.66. The van der Waals surface area contributed by atoms with Gasteiger partial charge in [-0.05, 0) is 17.7 Å². The van der Waals surface area contributed by atoms with Gasteiger partial charge in [-0.2, -0.15) is 5.26 Å². The molecule has 5 heteroatoms. The van der Waals surface area contributed by atoms with E-state index >= 15 is 0 Å². The number of carbonyl (C=O) groups is 1. The fourth-order valence-electron chi connectivity index (χ4n) is 1.12. The lowest BCUT2D eigenvalue weighted by Crippen LogP contribution is -2.37. The molecule has 0 aliphatic rings. The summed E-state index contributed by atoms with van der Waals surface area (Å²) in [5.41, 5.74) is 4.37. The Balaban J connectivity index is 2.75. The first kappa shape index (κ1) is 12.7. The minimum absolute atomic E-state index is 0.0735. The van der Waals surface area contributed by atoms with Gasteiger partial charge in [0, 0.05) is 25.0 Å². The zero-order chi connectivity index (χ0) is 12.1. The Kier molecular flexibility index (Phi) is 4.47. The molecule has 1 aromatic carbocycles. The Bertz CT molecular complexity index is 439. The summed E-state index contributed by atoms with van der Waals surface area (Å²) in [6, 6.07) is 7.59. The number of hydrogen-bond acceptors (Lipinski definition) is 3. The monoisotopic (exact) mass is 281 g/mol. The molecular formula is C11H12BrN3O. The maximum atomic E-state index is 11.0.